The molecule has 3 aromatic carbocycles. The first-order chi connectivity index (χ1) is 16.8. The molecule has 0 aromatic heterocycles. The zero-order valence-corrected chi connectivity index (χ0v) is 19.9. The van der Waals surface area contributed by atoms with Gasteiger partial charge in [0.2, 0.25) is 0 Å². The molecule has 182 valence electrons. The molecule has 0 fully saturated rings. The van der Waals surface area contributed by atoms with Crippen molar-refractivity contribution in [3.8, 4) is 17.6 Å². The Hall–Kier alpha value is -3.26. The van der Waals surface area contributed by atoms with Crippen molar-refractivity contribution in [1.82, 2.24) is 0 Å². The minimum atomic E-state index is -3.54. The van der Waals surface area contributed by atoms with Gasteiger partial charge in [-0.25, -0.2) is 8.78 Å². The van der Waals surface area contributed by atoms with E-state index < -0.39 is 17.7 Å². The van der Waals surface area contributed by atoms with Crippen molar-refractivity contribution >= 4 is 0 Å². The molecule has 0 aliphatic heterocycles. The third kappa shape index (κ3) is 5.70. The summed E-state index contributed by atoms with van der Waals surface area (Å²) < 4.78 is 63.8. The molecule has 0 N–H and O–H groups in total. The molecule has 35 heavy (non-hydrogen) atoms. The number of hydrogen-bond donors (Lipinski definition) is 0. The van der Waals surface area contributed by atoms with Gasteiger partial charge in [0.15, 0.2) is 0 Å². The Morgan fingerprint density at radius 1 is 0.971 bits per heavy atom. The van der Waals surface area contributed by atoms with Crippen LogP contribution in [0.5, 0.6) is 5.75 Å². The molecule has 1 nitrogen and oxygen atoms in total. The number of alkyl halides is 2. The number of hydrogen-bond acceptors (Lipinski definition) is 1. The fourth-order valence-corrected chi connectivity index (χ4v) is 4.57. The lowest BCUT2D eigenvalue weighted by Gasteiger charge is -2.25. The van der Waals surface area contributed by atoms with Gasteiger partial charge >= 0.3 is 6.11 Å². The molecule has 1 aliphatic carbocycles. The normalized spacial score (nSPS) is 15.2. The van der Waals surface area contributed by atoms with Gasteiger partial charge in [0.25, 0.3) is 0 Å². The van der Waals surface area contributed by atoms with Gasteiger partial charge in [-0.05, 0) is 90.8 Å². The summed E-state index contributed by atoms with van der Waals surface area (Å²) in [6, 6.07) is 13.1. The molecular formula is C30H28F4O. The van der Waals surface area contributed by atoms with Crippen molar-refractivity contribution in [2.45, 2.75) is 58.5 Å². The predicted molar refractivity (Wildman–Crippen MR) is 130 cm³/mol. The van der Waals surface area contributed by atoms with Crippen LogP contribution in [0, 0.1) is 29.4 Å². The van der Waals surface area contributed by atoms with Crippen LogP contribution in [-0.4, -0.2) is 0 Å². The summed E-state index contributed by atoms with van der Waals surface area (Å²) in [5, 5.41) is 0. The zero-order valence-electron chi connectivity index (χ0n) is 19.9. The van der Waals surface area contributed by atoms with Crippen LogP contribution in [0.4, 0.5) is 17.6 Å². The summed E-state index contributed by atoms with van der Waals surface area (Å²) in [4.78, 5) is 0. The lowest BCUT2D eigenvalue weighted by Crippen LogP contribution is -2.21. The Kier molecular flexibility index (Phi) is 7.50. The third-order valence-electron chi connectivity index (χ3n) is 6.55. The van der Waals surface area contributed by atoms with E-state index in [0.29, 0.717) is 29.9 Å². The first-order valence-corrected chi connectivity index (χ1v) is 12.1. The Labute approximate surface area is 204 Å². The molecule has 3 aromatic rings. The summed E-state index contributed by atoms with van der Waals surface area (Å²) in [7, 11) is 0. The fraction of sp³-hybridized carbons (Fsp3) is 0.333. The lowest BCUT2D eigenvalue weighted by atomic mass is 9.81. The summed E-state index contributed by atoms with van der Waals surface area (Å²) in [6.07, 6.45) is 1.52. The summed E-state index contributed by atoms with van der Waals surface area (Å²) in [5.74, 6) is 4.51. The highest BCUT2D eigenvalue weighted by Crippen LogP contribution is 2.33. The maximum absolute atomic E-state index is 15.0. The Morgan fingerprint density at radius 2 is 1.69 bits per heavy atom. The maximum Gasteiger partial charge on any atom is 0.426 e. The molecule has 1 unspecified atom stereocenters. The number of halogens is 4. The highest BCUT2D eigenvalue weighted by molar-refractivity contribution is 5.49. The van der Waals surface area contributed by atoms with E-state index in [-0.39, 0.29) is 16.9 Å². The molecule has 1 aliphatic rings. The van der Waals surface area contributed by atoms with Crippen LogP contribution >= 0.6 is 0 Å². The molecule has 0 bridgehead atoms. The van der Waals surface area contributed by atoms with Crippen LogP contribution < -0.4 is 4.74 Å². The molecule has 0 saturated carbocycles. The van der Waals surface area contributed by atoms with E-state index in [4.69, 9.17) is 4.74 Å². The Morgan fingerprint density at radius 3 is 2.34 bits per heavy atom. The second-order valence-corrected chi connectivity index (χ2v) is 9.03. The van der Waals surface area contributed by atoms with Crippen LogP contribution in [0.25, 0.3) is 0 Å². The van der Waals surface area contributed by atoms with Crippen molar-refractivity contribution in [1.29, 1.82) is 0 Å². The number of ether oxygens (including phenoxy) is 1. The number of rotatable bonds is 6. The van der Waals surface area contributed by atoms with E-state index in [1.165, 1.54) is 42.5 Å². The third-order valence-corrected chi connectivity index (χ3v) is 6.55. The average molecular weight is 481 g/mol. The first-order valence-electron chi connectivity index (χ1n) is 12.1. The highest BCUT2D eigenvalue weighted by atomic mass is 19.3. The maximum atomic E-state index is 15.0. The van der Waals surface area contributed by atoms with Crippen molar-refractivity contribution in [3.05, 3.63) is 99.6 Å². The number of aryl methyl sites for hydroxylation is 1. The topological polar surface area (TPSA) is 9.23 Å². The second-order valence-electron chi connectivity index (χ2n) is 9.03. The minimum Gasteiger partial charge on any atom is -0.429 e. The molecule has 5 heteroatoms. The average Bonchev–Trinajstić information content (AvgIpc) is 2.84. The van der Waals surface area contributed by atoms with Crippen molar-refractivity contribution < 1.29 is 22.3 Å². The molecule has 0 saturated heterocycles. The van der Waals surface area contributed by atoms with Crippen LogP contribution in [0.3, 0.4) is 0 Å². The number of fused-ring (bicyclic) bond motifs is 1. The second kappa shape index (κ2) is 10.6. The summed E-state index contributed by atoms with van der Waals surface area (Å²) in [5.41, 5.74) is 2.06. The summed E-state index contributed by atoms with van der Waals surface area (Å²) >= 11 is 0. The Bertz CT molecular complexity index is 1230. The zero-order chi connectivity index (χ0) is 25.0. The Balaban J connectivity index is 1.51. The molecule has 4 rings (SSSR count). The monoisotopic (exact) mass is 480 g/mol. The van der Waals surface area contributed by atoms with Gasteiger partial charge in [0, 0.05) is 5.56 Å². The fourth-order valence-electron chi connectivity index (χ4n) is 4.57. The van der Waals surface area contributed by atoms with Gasteiger partial charge in [0.1, 0.15) is 17.4 Å². The van der Waals surface area contributed by atoms with Gasteiger partial charge in [-0.3, -0.25) is 0 Å². The van der Waals surface area contributed by atoms with Gasteiger partial charge in [-0.15, -0.1) is 0 Å². The standard InChI is InChI=1S/C30H28F4O/c1-3-5-22-11-16-26-23(18-22)19-28(31)27(29(26)32)17-10-21-6-12-24(13-7-21)30(33,34)35-25-14-8-20(4-2)9-15-25/h6-9,12-15,19,22H,3-5,11,16,18H2,1-2H3. The molecule has 0 amide bonds. The SMILES string of the molecule is CCCC1CCc2c(cc(F)c(C#Cc3ccc(C(F)(F)Oc4ccc(CC)cc4)cc3)c2F)C1. The quantitative estimate of drug-likeness (QED) is 0.257. The molecule has 0 heterocycles. The van der Waals surface area contributed by atoms with Crippen LogP contribution in [0.2, 0.25) is 0 Å². The predicted octanol–water partition coefficient (Wildman–Crippen LogP) is 7.96. The first kappa shape index (κ1) is 24.9. The van der Waals surface area contributed by atoms with E-state index in [1.807, 2.05) is 6.92 Å². The van der Waals surface area contributed by atoms with Gasteiger partial charge < -0.3 is 4.74 Å². The lowest BCUT2D eigenvalue weighted by molar-refractivity contribution is -0.185. The van der Waals surface area contributed by atoms with Crippen LogP contribution in [0.1, 0.15) is 66.5 Å². The highest BCUT2D eigenvalue weighted by Gasteiger charge is 2.34. The van der Waals surface area contributed by atoms with Crippen molar-refractivity contribution in [3.63, 3.8) is 0 Å². The van der Waals surface area contributed by atoms with Gasteiger partial charge in [0.05, 0.1) is 11.1 Å². The van der Waals surface area contributed by atoms with E-state index in [9.17, 15) is 13.2 Å². The molecule has 0 radical (unpaired) electrons. The molecule has 1 atom stereocenters. The van der Waals surface area contributed by atoms with E-state index in [1.54, 1.807) is 12.1 Å². The minimum absolute atomic E-state index is 0.0652. The molecule has 0 spiro atoms. The van der Waals surface area contributed by atoms with Crippen molar-refractivity contribution in [2.75, 3.05) is 0 Å². The van der Waals surface area contributed by atoms with E-state index in [2.05, 4.69) is 18.8 Å². The van der Waals surface area contributed by atoms with E-state index >= 15 is 4.39 Å². The van der Waals surface area contributed by atoms with E-state index in [0.717, 1.165) is 36.8 Å². The van der Waals surface area contributed by atoms with Gasteiger partial charge in [-0.2, -0.15) is 8.78 Å². The van der Waals surface area contributed by atoms with Crippen molar-refractivity contribution in [2.24, 2.45) is 5.92 Å². The smallest absolute Gasteiger partial charge is 0.426 e. The van der Waals surface area contributed by atoms with Crippen LogP contribution in [-0.2, 0) is 25.4 Å². The largest absolute Gasteiger partial charge is 0.429 e. The van der Waals surface area contributed by atoms with Crippen LogP contribution in [0.15, 0.2) is 54.6 Å². The molecular weight excluding hydrogens is 452 g/mol. The number of benzene rings is 3. The van der Waals surface area contributed by atoms with Gasteiger partial charge in [-0.1, -0.05) is 50.7 Å². The summed E-state index contributed by atoms with van der Waals surface area (Å²) in [6.45, 7) is 4.09.